The topological polar surface area (TPSA) is 21.3 Å². The molecule has 1 aromatic rings. The standard InChI is InChI=1S/C13H19NO/c1-9-5-6-11-12(10(9)2)15-13(3,4)7-8-14-11/h5-6,14H,7-8H2,1-4H3. The first-order valence-electron chi connectivity index (χ1n) is 5.53. The molecule has 0 amide bonds. The van der Waals surface area contributed by atoms with E-state index in [1.54, 1.807) is 0 Å². The van der Waals surface area contributed by atoms with Crippen LogP contribution in [0.1, 0.15) is 31.4 Å². The molecule has 2 rings (SSSR count). The summed E-state index contributed by atoms with van der Waals surface area (Å²) in [5.74, 6) is 1.03. The van der Waals surface area contributed by atoms with E-state index in [2.05, 4.69) is 45.1 Å². The Labute approximate surface area is 91.6 Å². The third-order valence-corrected chi connectivity index (χ3v) is 3.10. The van der Waals surface area contributed by atoms with Gasteiger partial charge in [-0.25, -0.2) is 0 Å². The number of fused-ring (bicyclic) bond motifs is 1. The van der Waals surface area contributed by atoms with Crippen LogP contribution in [0.2, 0.25) is 0 Å². The predicted octanol–water partition coefficient (Wildman–Crippen LogP) is 3.28. The van der Waals surface area contributed by atoms with Gasteiger partial charge in [0.05, 0.1) is 5.69 Å². The molecule has 15 heavy (non-hydrogen) atoms. The van der Waals surface area contributed by atoms with E-state index in [1.807, 2.05) is 0 Å². The molecular formula is C13H19NO. The molecule has 82 valence electrons. The number of benzene rings is 1. The third-order valence-electron chi connectivity index (χ3n) is 3.10. The Bertz CT molecular complexity index is 382. The molecule has 1 aliphatic rings. The lowest BCUT2D eigenvalue weighted by Crippen LogP contribution is -2.28. The van der Waals surface area contributed by atoms with Crippen LogP contribution in [-0.4, -0.2) is 12.1 Å². The summed E-state index contributed by atoms with van der Waals surface area (Å²) in [5, 5.41) is 3.42. The van der Waals surface area contributed by atoms with Crippen molar-refractivity contribution in [1.82, 2.24) is 0 Å². The van der Waals surface area contributed by atoms with Crippen LogP contribution in [0.4, 0.5) is 5.69 Å². The van der Waals surface area contributed by atoms with Crippen molar-refractivity contribution in [2.75, 3.05) is 11.9 Å². The molecular weight excluding hydrogens is 186 g/mol. The highest BCUT2D eigenvalue weighted by Crippen LogP contribution is 2.36. The third kappa shape index (κ3) is 1.94. The molecule has 0 unspecified atom stereocenters. The van der Waals surface area contributed by atoms with Gasteiger partial charge in [-0.05, 0) is 44.9 Å². The summed E-state index contributed by atoms with van der Waals surface area (Å²) in [4.78, 5) is 0. The SMILES string of the molecule is Cc1ccc2c(c1C)OC(C)(C)CCN2. The van der Waals surface area contributed by atoms with Gasteiger partial charge in [0.1, 0.15) is 11.4 Å². The minimum absolute atomic E-state index is 0.0726. The maximum absolute atomic E-state index is 6.09. The van der Waals surface area contributed by atoms with E-state index in [4.69, 9.17) is 4.74 Å². The molecule has 0 bridgehead atoms. The van der Waals surface area contributed by atoms with Crippen LogP contribution in [0, 0.1) is 13.8 Å². The Kier molecular flexibility index (Phi) is 2.37. The average Bonchev–Trinajstić information content (AvgIpc) is 2.30. The zero-order valence-corrected chi connectivity index (χ0v) is 9.98. The van der Waals surface area contributed by atoms with E-state index in [0.717, 1.165) is 24.4 Å². The summed E-state index contributed by atoms with van der Waals surface area (Å²) in [5.41, 5.74) is 3.59. The lowest BCUT2D eigenvalue weighted by atomic mass is 10.1. The first kappa shape index (κ1) is 10.3. The Morgan fingerprint density at radius 3 is 2.73 bits per heavy atom. The van der Waals surface area contributed by atoms with Crippen molar-refractivity contribution >= 4 is 5.69 Å². The van der Waals surface area contributed by atoms with E-state index < -0.39 is 0 Å². The number of anilines is 1. The highest BCUT2D eigenvalue weighted by molar-refractivity contribution is 5.62. The van der Waals surface area contributed by atoms with Gasteiger partial charge in [-0.1, -0.05) is 6.07 Å². The highest BCUT2D eigenvalue weighted by atomic mass is 16.5. The van der Waals surface area contributed by atoms with Gasteiger partial charge in [0, 0.05) is 13.0 Å². The molecule has 0 radical (unpaired) electrons. The van der Waals surface area contributed by atoms with Crippen LogP contribution in [0.3, 0.4) is 0 Å². The molecule has 1 heterocycles. The number of ether oxygens (including phenoxy) is 1. The molecule has 0 saturated heterocycles. The summed E-state index contributed by atoms with van der Waals surface area (Å²) in [7, 11) is 0. The lowest BCUT2D eigenvalue weighted by Gasteiger charge is -2.25. The first-order chi connectivity index (χ1) is 6.99. The zero-order valence-electron chi connectivity index (χ0n) is 9.98. The minimum atomic E-state index is -0.0726. The van der Waals surface area contributed by atoms with E-state index >= 15 is 0 Å². The van der Waals surface area contributed by atoms with E-state index in [9.17, 15) is 0 Å². The second-order valence-electron chi connectivity index (χ2n) is 4.92. The predicted molar refractivity (Wildman–Crippen MR) is 63.7 cm³/mol. The van der Waals surface area contributed by atoms with Crippen LogP contribution in [-0.2, 0) is 0 Å². The van der Waals surface area contributed by atoms with Gasteiger partial charge in [-0.3, -0.25) is 0 Å². The van der Waals surface area contributed by atoms with Crippen LogP contribution in [0.25, 0.3) is 0 Å². The van der Waals surface area contributed by atoms with Crippen molar-refractivity contribution in [1.29, 1.82) is 0 Å². The minimum Gasteiger partial charge on any atom is -0.485 e. The molecule has 1 aromatic carbocycles. The summed E-state index contributed by atoms with van der Waals surface area (Å²) in [6, 6.07) is 4.25. The molecule has 0 aromatic heterocycles. The molecule has 2 heteroatoms. The molecule has 1 aliphatic heterocycles. The second kappa shape index (κ2) is 3.44. The van der Waals surface area contributed by atoms with Crippen molar-refractivity contribution < 1.29 is 4.74 Å². The number of rotatable bonds is 0. The Balaban J connectivity index is 2.49. The lowest BCUT2D eigenvalue weighted by molar-refractivity contribution is 0.107. The fourth-order valence-electron chi connectivity index (χ4n) is 1.89. The van der Waals surface area contributed by atoms with E-state index in [-0.39, 0.29) is 5.60 Å². The number of nitrogens with one attached hydrogen (secondary N) is 1. The fourth-order valence-corrected chi connectivity index (χ4v) is 1.89. The Morgan fingerprint density at radius 2 is 2.00 bits per heavy atom. The molecule has 0 saturated carbocycles. The normalized spacial score (nSPS) is 18.4. The Morgan fingerprint density at radius 1 is 1.27 bits per heavy atom. The summed E-state index contributed by atoms with van der Waals surface area (Å²) >= 11 is 0. The van der Waals surface area contributed by atoms with Gasteiger partial charge < -0.3 is 10.1 Å². The molecule has 0 fully saturated rings. The van der Waals surface area contributed by atoms with Crippen molar-refractivity contribution in [2.45, 2.75) is 39.7 Å². The quantitative estimate of drug-likeness (QED) is 0.701. The van der Waals surface area contributed by atoms with Gasteiger partial charge >= 0.3 is 0 Å². The van der Waals surface area contributed by atoms with E-state index in [1.165, 1.54) is 11.1 Å². The molecule has 0 atom stereocenters. The molecule has 2 nitrogen and oxygen atoms in total. The number of aryl methyl sites for hydroxylation is 1. The Hall–Kier alpha value is -1.18. The highest BCUT2D eigenvalue weighted by Gasteiger charge is 2.25. The first-order valence-corrected chi connectivity index (χ1v) is 5.53. The van der Waals surface area contributed by atoms with Crippen molar-refractivity contribution in [3.05, 3.63) is 23.3 Å². The van der Waals surface area contributed by atoms with Crippen LogP contribution >= 0.6 is 0 Å². The molecule has 0 spiro atoms. The fraction of sp³-hybridized carbons (Fsp3) is 0.538. The van der Waals surface area contributed by atoms with Gasteiger partial charge in [0.2, 0.25) is 0 Å². The zero-order chi connectivity index (χ0) is 11.1. The van der Waals surface area contributed by atoms with Gasteiger partial charge in [0.25, 0.3) is 0 Å². The van der Waals surface area contributed by atoms with Crippen molar-refractivity contribution in [3.63, 3.8) is 0 Å². The van der Waals surface area contributed by atoms with Gasteiger partial charge in [0.15, 0.2) is 0 Å². The average molecular weight is 205 g/mol. The largest absolute Gasteiger partial charge is 0.485 e. The van der Waals surface area contributed by atoms with Gasteiger partial charge in [-0.15, -0.1) is 0 Å². The number of hydrogen-bond donors (Lipinski definition) is 1. The van der Waals surface area contributed by atoms with Gasteiger partial charge in [-0.2, -0.15) is 0 Å². The maximum Gasteiger partial charge on any atom is 0.146 e. The van der Waals surface area contributed by atoms with Crippen LogP contribution in [0.15, 0.2) is 12.1 Å². The maximum atomic E-state index is 6.09. The monoisotopic (exact) mass is 205 g/mol. The summed E-state index contributed by atoms with van der Waals surface area (Å²) in [6.45, 7) is 9.51. The van der Waals surface area contributed by atoms with Crippen molar-refractivity contribution in [3.8, 4) is 5.75 Å². The second-order valence-corrected chi connectivity index (χ2v) is 4.92. The van der Waals surface area contributed by atoms with Crippen molar-refractivity contribution in [2.24, 2.45) is 0 Å². The molecule has 1 N–H and O–H groups in total. The van der Waals surface area contributed by atoms with Crippen LogP contribution < -0.4 is 10.1 Å². The summed E-state index contributed by atoms with van der Waals surface area (Å²) in [6.07, 6.45) is 1.03. The molecule has 0 aliphatic carbocycles. The van der Waals surface area contributed by atoms with E-state index in [0.29, 0.717) is 0 Å². The summed E-state index contributed by atoms with van der Waals surface area (Å²) < 4.78 is 6.09. The van der Waals surface area contributed by atoms with Crippen LogP contribution in [0.5, 0.6) is 5.75 Å². The smallest absolute Gasteiger partial charge is 0.146 e. The number of hydrogen-bond acceptors (Lipinski definition) is 2.